The standard InChI is InChI=1S/C25H24N2O2S/c1-4-18-8-10-19(11-9-18)21-15-30-24-22(21)25(29)27(13-12-17(3)28)23(26-24)20-7-5-6-16(2)14-20/h5-11,14-15H,4,12-13H2,1-3H3. The van der Waals surface area contributed by atoms with E-state index in [1.165, 1.54) is 16.9 Å². The molecule has 4 aromatic rings. The fourth-order valence-corrected chi connectivity index (χ4v) is 4.58. The normalized spacial score (nSPS) is 11.2. The average molecular weight is 417 g/mol. The third kappa shape index (κ3) is 3.85. The van der Waals surface area contributed by atoms with Crippen molar-refractivity contribution in [2.75, 3.05) is 0 Å². The van der Waals surface area contributed by atoms with Crippen molar-refractivity contribution in [3.05, 3.63) is 75.4 Å². The summed E-state index contributed by atoms with van der Waals surface area (Å²) >= 11 is 1.49. The predicted molar refractivity (Wildman–Crippen MR) is 124 cm³/mol. The minimum Gasteiger partial charge on any atom is -0.300 e. The zero-order valence-corrected chi connectivity index (χ0v) is 18.3. The van der Waals surface area contributed by atoms with Gasteiger partial charge in [-0.2, -0.15) is 0 Å². The maximum Gasteiger partial charge on any atom is 0.263 e. The number of fused-ring (bicyclic) bond motifs is 1. The van der Waals surface area contributed by atoms with Crippen molar-refractivity contribution in [3.8, 4) is 22.5 Å². The monoisotopic (exact) mass is 416 g/mol. The van der Waals surface area contributed by atoms with Crippen LogP contribution in [0.4, 0.5) is 0 Å². The van der Waals surface area contributed by atoms with Crippen LogP contribution in [0.3, 0.4) is 0 Å². The average Bonchev–Trinajstić information content (AvgIpc) is 3.17. The molecule has 0 aliphatic carbocycles. The lowest BCUT2D eigenvalue weighted by atomic mass is 10.0. The SMILES string of the molecule is CCc1ccc(-c2csc3nc(-c4cccc(C)c4)n(CCC(C)=O)c(=O)c23)cc1. The number of thiophene rings is 1. The van der Waals surface area contributed by atoms with Crippen molar-refractivity contribution in [3.63, 3.8) is 0 Å². The van der Waals surface area contributed by atoms with Gasteiger partial charge in [0.05, 0.1) is 5.39 Å². The van der Waals surface area contributed by atoms with E-state index in [1.54, 1.807) is 11.5 Å². The van der Waals surface area contributed by atoms with E-state index < -0.39 is 0 Å². The summed E-state index contributed by atoms with van der Waals surface area (Å²) in [6.45, 7) is 6.02. The summed E-state index contributed by atoms with van der Waals surface area (Å²) in [6, 6.07) is 16.3. The van der Waals surface area contributed by atoms with Crippen LogP contribution in [0.2, 0.25) is 0 Å². The maximum atomic E-state index is 13.6. The summed E-state index contributed by atoms with van der Waals surface area (Å²) in [5.41, 5.74) is 5.08. The molecule has 152 valence electrons. The molecule has 0 saturated heterocycles. The highest BCUT2D eigenvalue weighted by molar-refractivity contribution is 7.17. The van der Waals surface area contributed by atoms with E-state index in [2.05, 4.69) is 31.2 Å². The van der Waals surface area contributed by atoms with Gasteiger partial charge < -0.3 is 0 Å². The Kier molecular flexibility index (Phi) is 5.64. The van der Waals surface area contributed by atoms with Crippen LogP contribution in [0.15, 0.2) is 58.7 Å². The topological polar surface area (TPSA) is 52.0 Å². The number of carbonyl (C=O) groups is 1. The van der Waals surface area contributed by atoms with Gasteiger partial charge in [-0.05, 0) is 37.5 Å². The van der Waals surface area contributed by atoms with Gasteiger partial charge in [-0.3, -0.25) is 14.2 Å². The molecule has 0 aliphatic heterocycles. The Labute approximate surface area is 179 Å². The Morgan fingerprint density at radius 3 is 2.53 bits per heavy atom. The fourth-order valence-electron chi connectivity index (χ4n) is 3.64. The first-order valence-corrected chi connectivity index (χ1v) is 11.0. The van der Waals surface area contributed by atoms with E-state index in [0.29, 0.717) is 24.2 Å². The lowest BCUT2D eigenvalue weighted by molar-refractivity contribution is -0.117. The largest absolute Gasteiger partial charge is 0.300 e. The smallest absolute Gasteiger partial charge is 0.263 e. The van der Waals surface area contributed by atoms with E-state index in [0.717, 1.165) is 33.5 Å². The van der Waals surface area contributed by atoms with Gasteiger partial charge in [-0.15, -0.1) is 11.3 Å². The van der Waals surface area contributed by atoms with E-state index >= 15 is 0 Å². The molecule has 2 aromatic heterocycles. The zero-order chi connectivity index (χ0) is 21.3. The van der Waals surface area contributed by atoms with Crippen molar-refractivity contribution < 1.29 is 4.79 Å². The van der Waals surface area contributed by atoms with Crippen molar-refractivity contribution in [1.82, 2.24) is 9.55 Å². The number of aromatic nitrogens is 2. The van der Waals surface area contributed by atoms with Crippen LogP contribution in [0.1, 0.15) is 31.4 Å². The van der Waals surface area contributed by atoms with Crippen molar-refractivity contribution in [2.45, 2.75) is 40.2 Å². The highest BCUT2D eigenvalue weighted by atomic mass is 32.1. The summed E-state index contributed by atoms with van der Waals surface area (Å²) in [4.78, 5) is 30.9. The minimum absolute atomic E-state index is 0.0536. The highest BCUT2D eigenvalue weighted by Gasteiger charge is 2.18. The van der Waals surface area contributed by atoms with Crippen LogP contribution < -0.4 is 5.56 Å². The summed E-state index contributed by atoms with van der Waals surface area (Å²) in [7, 11) is 0. The van der Waals surface area contributed by atoms with Gasteiger partial charge in [0.2, 0.25) is 0 Å². The molecule has 0 aliphatic rings. The first-order chi connectivity index (χ1) is 14.5. The molecule has 5 heteroatoms. The van der Waals surface area contributed by atoms with Gasteiger partial charge in [-0.1, -0.05) is 55.0 Å². The van der Waals surface area contributed by atoms with Gasteiger partial charge in [0.25, 0.3) is 5.56 Å². The molecule has 0 bridgehead atoms. The van der Waals surface area contributed by atoms with Crippen LogP contribution in [0.5, 0.6) is 0 Å². The van der Waals surface area contributed by atoms with Crippen LogP contribution in [0, 0.1) is 6.92 Å². The molecule has 2 heterocycles. The van der Waals surface area contributed by atoms with Crippen LogP contribution in [-0.2, 0) is 17.8 Å². The molecule has 2 aromatic carbocycles. The molecule has 0 fully saturated rings. The maximum absolute atomic E-state index is 13.6. The predicted octanol–water partition coefficient (Wildman–Crippen LogP) is 5.64. The Balaban J connectivity index is 1.94. The van der Waals surface area contributed by atoms with Crippen LogP contribution >= 0.6 is 11.3 Å². The molecular weight excluding hydrogens is 392 g/mol. The molecular formula is C25H24N2O2S. The summed E-state index contributed by atoms with van der Waals surface area (Å²) < 4.78 is 1.66. The number of nitrogens with zero attached hydrogens (tertiary/aromatic N) is 2. The number of Topliss-reactive ketones (excluding diaryl/α,β-unsaturated/α-hetero) is 1. The molecule has 0 N–H and O–H groups in total. The molecule has 0 spiro atoms. The number of ketones is 1. The number of hydrogen-bond acceptors (Lipinski definition) is 4. The Bertz CT molecular complexity index is 1280. The highest BCUT2D eigenvalue weighted by Crippen LogP contribution is 2.32. The summed E-state index contributed by atoms with van der Waals surface area (Å²) in [5, 5.41) is 2.64. The van der Waals surface area contributed by atoms with E-state index in [-0.39, 0.29) is 11.3 Å². The third-order valence-electron chi connectivity index (χ3n) is 5.33. The summed E-state index contributed by atoms with van der Waals surface area (Å²) in [5.74, 6) is 0.671. The number of rotatable bonds is 6. The molecule has 0 radical (unpaired) electrons. The van der Waals surface area contributed by atoms with E-state index in [1.807, 2.05) is 36.6 Å². The van der Waals surface area contributed by atoms with Gasteiger partial charge in [0.15, 0.2) is 0 Å². The van der Waals surface area contributed by atoms with Gasteiger partial charge in [-0.25, -0.2) is 4.98 Å². The molecule has 30 heavy (non-hydrogen) atoms. The van der Waals surface area contributed by atoms with E-state index in [9.17, 15) is 9.59 Å². The van der Waals surface area contributed by atoms with Gasteiger partial charge in [0, 0.05) is 29.5 Å². The summed E-state index contributed by atoms with van der Waals surface area (Å²) in [6.07, 6.45) is 1.28. The molecule has 0 atom stereocenters. The van der Waals surface area contributed by atoms with Gasteiger partial charge in [0.1, 0.15) is 16.4 Å². The number of benzene rings is 2. The second kappa shape index (κ2) is 8.36. The second-order valence-electron chi connectivity index (χ2n) is 7.59. The fraction of sp³-hybridized carbons (Fsp3) is 0.240. The van der Waals surface area contributed by atoms with E-state index in [4.69, 9.17) is 4.98 Å². The molecule has 0 amide bonds. The Hall–Kier alpha value is -3.05. The molecule has 4 nitrogen and oxygen atoms in total. The number of carbonyl (C=O) groups excluding carboxylic acids is 1. The van der Waals surface area contributed by atoms with Crippen molar-refractivity contribution in [2.24, 2.45) is 0 Å². The number of hydrogen-bond donors (Lipinski definition) is 0. The Morgan fingerprint density at radius 2 is 1.87 bits per heavy atom. The molecule has 0 unspecified atom stereocenters. The van der Waals surface area contributed by atoms with Crippen LogP contribution in [0.25, 0.3) is 32.7 Å². The first kappa shape index (κ1) is 20.2. The quantitative estimate of drug-likeness (QED) is 0.409. The van der Waals surface area contributed by atoms with Crippen molar-refractivity contribution >= 4 is 27.3 Å². The molecule has 0 saturated carbocycles. The minimum atomic E-state index is -0.0893. The molecule has 4 rings (SSSR count). The second-order valence-corrected chi connectivity index (χ2v) is 8.45. The number of aryl methyl sites for hydroxylation is 2. The Morgan fingerprint density at radius 1 is 1.10 bits per heavy atom. The first-order valence-electron chi connectivity index (χ1n) is 10.2. The zero-order valence-electron chi connectivity index (χ0n) is 17.4. The lowest BCUT2D eigenvalue weighted by Gasteiger charge is -2.13. The van der Waals surface area contributed by atoms with Crippen LogP contribution in [-0.4, -0.2) is 15.3 Å². The van der Waals surface area contributed by atoms with Crippen molar-refractivity contribution in [1.29, 1.82) is 0 Å². The van der Waals surface area contributed by atoms with Gasteiger partial charge >= 0.3 is 0 Å². The third-order valence-corrected chi connectivity index (χ3v) is 6.20. The lowest BCUT2D eigenvalue weighted by Crippen LogP contribution is -2.24.